The average Bonchev–Trinajstić information content (AvgIpc) is 3.23. The Morgan fingerprint density at radius 2 is 2.14 bits per heavy atom. The third-order valence-corrected chi connectivity index (χ3v) is 6.94. The Kier molecular flexibility index (Phi) is 4.67. The molecule has 0 bridgehead atoms. The summed E-state index contributed by atoms with van der Waals surface area (Å²) in [4.78, 5) is 13.2. The Morgan fingerprint density at radius 3 is 2.86 bits per heavy atom. The van der Waals surface area contributed by atoms with Gasteiger partial charge in [-0.1, -0.05) is 24.8 Å². The van der Waals surface area contributed by atoms with Crippen molar-refractivity contribution in [3.05, 3.63) is 57.3 Å². The van der Waals surface area contributed by atoms with Gasteiger partial charge in [-0.3, -0.25) is 4.57 Å². The van der Waals surface area contributed by atoms with Crippen LogP contribution in [0.5, 0.6) is 5.75 Å². The maximum atomic E-state index is 12.0. The number of aryl methyl sites for hydroxylation is 1. The number of phenols is 1. The SMILES string of the molecule is CCc1cc2c(CSc3nnc(-c4cccs4)n3C3CC3)cc(=O)oc2cc1O. The highest BCUT2D eigenvalue weighted by Gasteiger charge is 2.30. The first-order chi connectivity index (χ1) is 14.1. The molecule has 4 aromatic rings. The van der Waals surface area contributed by atoms with E-state index >= 15 is 0 Å². The number of fused-ring (bicyclic) bond motifs is 1. The first-order valence-corrected chi connectivity index (χ1v) is 11.4. The fraction of sp³-hybridized carbons (Fsp3) is 0.286. The standard InChI is InChI=1S/C21H19N3O3S2/c1-2-12-8-15-13(9-19(26)27-17(15)10-16(12)25)11-29-21-23-22-20(18-4-3-7-28-18)24(21)14-5-6-14/h3-4,7-10,14,25H,2,5-6,11H2,1H3. The smallest absolute Gasteiger partial charge is 0.336 e. The molecule has 1 aromatic carbocycles. The molecule has 0 spiro atoms. The zero-order valence-electron chi connectivity index (χ0n) is 15.8. The molecule has 0 atom stereocenters. The molecule has 148 valence electrons. The van der Waals surface area contributed by atoms with Gasteiger partial charge in [0.25, 0.3) is 0 Å². The van der Waals surface area contributed by atoms with Crippen LogP contribution in [0.25, 0.3) is 21.7 Å². The molecule has 1 fully saturated rings. The number of aromatic hydroxyl groups is 1. The summed E-state index contributed by atoms with van der Waals surface area (Å²) in [5.41, 5.74) is 1.70. The molecule has 3 aromatic heterocycles. The topological polar surface area (TPSA) is 81.2 Å². The number of thioether (sulfide) groups is 1. The summed E-state index contributed by atoms with van der Waals surface area (Å²) in [7, 11) is 0. The van der Waals surface area contributed by atoms with Crippen LogP contribution in [0.15, 0.2) is 50.1 Å². The number of thiophene rings is 1. The van der Waals surface area contributed by atoms with Gasteiger partial charge in [0, 0.05) is 29.3 Å². The molecule has 0 saturated heterocycles. The molecule has 0 radical (unpaired) electrons. The maximum Gasteiger partial charge on any atom is 0.336 e. The second-order valence-corrected chi connectivity index (χ2v) is 8.98. The van der Waals surface area contributed by atoms with E-state index in [-0.39, 0.29) is 5.75 Å². The molecule has 0 amide bonds. The van der Waals surface area contributed by atoms with Gasteiger partial charge in [-0.2, -0.15) is 0 Å². The number of benzene rings is 1. The summed E-state index contributed by atoms with van der Waals surface area (Å²) in [5, 5.41) is 22.8. The quantitative estimate of drug-likeness (QED) is 0.345. The van der Waals surface area contributed by atoms with Crippen LogP contribution >= 0.6 is 23.1 Å². The molecule has 3 heterocycles. The predicted octanol–water partition coefficient (Wildman–Crippen LogP) is 5.01. The van der Waals surface area contributed by atoms with Crippen molar-refractivity contribution < 1.29 is 9.52 Å². The van der Waals surface area contributed by atoms with Crippen molar-refractivity contribution >= 4 is 34.1 Å². The van der Waals surface area contributed by atoms with E-state index in [0.717, 1.165) is 45.2 Å². The lowest BCUT2D eigenvalue weighted by Crippen LogP contribution is -2.02. The zero-order chi connectivity index (χ0) is 20.0. The first kappa shape index (κ1) is 18.4. The minimum Gasteiger partial charge on any atom is -0.508 e. The molecule has 6 nitrogen and oxygen atoms in total. The molecule has 0 aliphatic heterocycles. The third-order valence-electron chi connectivity index (χ3n) is 5.09. The summed E-state index contributed by atoms with van der Waals surface area (Å²) in [6.45, 7) is 1.98. The van der Waals surface area contributed by atoms with Gasteiger partial charge < -0.3 is 9.52 Å². The molecule has 29 heavy (non-hydrogen) atoms. The Bertz CT molecular complexity index is 1240. The van der Waals surface area contributed by atoms with Crippen molar-refractivity contribution in [3.63, 3.8) is 0 Å². The van der Waals surface area contributed by atoms with Crippen molar-refractivity contribution in [2.45, 2.75) is 43.1 Å². The molecular formula is C21H19N3O3S2. The van der Waals surface area contributed by atoms with Gasteiger partial charge in [-0.05, 0) is 47.9 Å². The van der Waals surface area contributed by atoms with Crippen LogP contribution in [0, 0.1) is 0 Å². The van der Waals surface area contributed by atoms with Crippen molar-refractivity contribution in [1.82, 2.24) is 14.8 Å². The van der Waals surface area contributed by atoms with Gasteiger partial charge in [0.1, 0.15) is 11.3 Å². The van der Waals surface area contributed by atoms with E-state index in [1.807, 2.05) is 24.4 Å². The number of hydrogen-bond acceptors (Lipinski definition) is 7. The van der Waals surface area contributed by atoms with Crippen LogP contribution in [0.3, 0.4) is 0 Å². The lowest BCUT2D eigenvalue weighted by Gasteiger charge is -2.10. The summed E-state index contributed by atoms with van der Waals surface area (Å²) >= 11 is 3.24. The van der Waals surface area contributed by atoms with E-state index in [1.54, 1.807) is 23.1 Å². The molecule has 5 rings (SSSR count). The summed E-state index contributed by atoms with van der Waals surface area (Å²) < 4.78 is 7.53. The van der Waals surface area contributed by atoms with Gasteiger partial charge in [0.15, 0.2) is 11.0 Å². The van der Waals surface area contributed by atoms with E-state index in [9.17, 15) is 9.90 Å². The average molecular weight is 426 g/mol. The van der Waals surface area contributed by atoms with Gasteiger partial charge >= 0.3 is 5.63 Å². The van der Waals surface area contributed by atoms with E-state index in [0.29, 0.717) is 23.8 Å². The van der Waals surface area contributed by atoms with Crippen LogP contribution in [0.1, 0.15) is 36.9 Å². The highest BCUT2D eigenvalue weighted by Crippen LogP contribution is 2.42. The highest BCUT2D eigenvalue weighted by molar-refractivity contribution is 7.98. The summed E-state index contributed by atoms with van der Waals surface area (Å²) in [5.74, 6) is 1.65. The van der Waals surface area contributed by atoms with Crippen LogP contribution in [0.2, 0.25) is 0 Å². The summed E-state index contributed by atoms with van der Waals surface area (Å²) in [6.07, 6.45) is 2.98. The lowest BCUT2D eigenvalue weighted by molar-refractivity contribution is 0.466. The Labute approximate surface area is 175 Å². The Balaban J connectivity index is 1.51. The second kappa shape index (κ2) is 7.35. The first-order valence-electron chi connectivity index (χ1n) is 9.54. The van der Waals surface area contributed by atoms with Gasteiger partial charge in [0.2, 0.25) is 0 Å². The molecule has 8 heteroatoms. The van der Waals surface area contributed by atoms with E-state index < -0.39 is 5.63 Å². The normalized spacial score (nSPS) is 14.0. The van der Waals surface area contributed by atoms with Crippen molar-refractivity contribution in [2.24, 2.45) is 0 Å². The predicted molar refractivity (Wildman–Crippen MR) is 115 cm³/mol. The highest BCUT2D eigenvalue weighted by atomic mass is 32.2. The number of phenolic OH excluding ortho intramolecular Hbond substituents is 1. The van der Waals surface area contributed by atoms with Crippen molar-refractivity contribution in [2.75, 3.05) is 0 Å². The van der Waals surface area contributed by atoms with Gasteiger partial charge in [-0.15, -0.1) is 21.5 Å². The minimum absolute atomic E-state index is 0.155. The molecular weight excluding hydrogens is 406 g/mol. The Morgan fingerprint density at radius 1 is 1.28 bits per heavy atom. The van der Waals surface area contributed by atoms with Crippen LogP contribution in [-0.4, -0.2) is 19.9 Å². The Hall–Kier alpha value is -2.58. The number of nitrogens with zero attached hydrogens (tertiary/aromatic N) is 3. The largest absolute Gasteiger partial charge is 0.508 e. The molecule has 1 aliphatic carbocycles. The monoisotopic (exact) mass is 425 g/mol. The number of hydrogen-bond donors (Lipinski definition) is 1. The lowest BCUT2D eigenvalue weighted by atomic mass is 10.1. The second-order valence-electron chi connectivity index (χ2n) is 7.09. The van der Waals surface area contributed by atoms with E-state index in [4.69, 9.17) is 4.42 Å². The van der Waals surface area contributed by atoms with Crippen molar-refractivity contribution in [1.29, 1.82) is 0 Å². The van der Waals surface area contributed by atoms with E-state index in [2.05, 4.69) is 20.8 Å². The fourth-order valence-electron chi connectivity index (χ4n) is 3.46. The molecule has 0 unspecified atom stereocenters. The third kappa shape index (κ3) is 3.47. The maximum absolute atomic E-state index is 12.0. The van der Waals surface area contributed by atoms with Crippen molar-refractivity contribution in [3.8, 4) is 16.5 Å². The molecule has 1 aliphatic rings. The number of rotatable bonds is 6. The van der Waals surface area contributed by atoms with Gasteiger partial charge in [-0.25, -0.2) is 4.79 Å². The molecule has 1 saturated carbocycles. The molecule has 1 N–H and O–H groups in total. The zero-order valence-corrected chi connectivity index (χ0v) is 17.4. The van der Waals surface area contributed by atoms with Crippen LogP contribution in [-0.2, 0) is 12.2 Å². The number of aromatic nitrogens is 3. The fourth-order valence-corrected chi connectivity index (χ4v) is 5.17. The van der Waals surface area contributed by atoms with Crippen LogP contribution < -0.4 is 5.63 Å². The van der Waals surface area contributed by atoms with Gasteiger partial charge in [0.05, 0.1) is 4.88 Å². The summed E-state index contributed by atoms with van der Waals surface area (Å²) in [6, 6.07) is 9.51. The van der Waals surface area contributed by atoms with Crippen LogP contribution in [0.4, 0.5) is 0 Å². The van der Waals surface area contributed by atoms with E-state index in [1.165, 1.54) is 12.1 Å². The minimum atomic E-state index is -0.417.